The molecule has 290 valence electrons. The van der Waals surface area contributed by atoms with E-state index in [2.05, 4.69) is 87.3 Å². The first kappa shape index (κ1) is 39.1. The average molecular weight is 713 g/mol. The Morgan fingerprint density at radius 3 is 1.57 bits per heavy atom. The van der Waals surface area contributed by atoms with Gasteiger partial charge in [-0.2, -0.15) is 25.1 Å². The largest absolute Gasteiger partial charge is 0.378 e. The van der Waals surface area contributed by atoms with E-state index in [0.29, 0.717) is 31.5 Å². The Bertz CT molecular complexity index is 1250. The number of hydrogen-bond acceptors (Lipinski definition) is 11. The fourth-order valence-electron chi connectivity index (χ4n) is 10.3. The Balaban J connectivity index is 1.27. The van der Waals surface area contributed by atoms with Crippen LogP contribution in [-0.4, -0.2) is 116 Å². The van der Waals surface area contributed by atoms with E-state index in [9.17, 15) is 0 Å². The van der Waals surface area contributed by atoms with E-state index in [4.69, 9.17) is 29.4 Å². The van der Waals surface area contributed by atoms with Crippen molar-refractivity contribution in [3.8, 4) is 0 Å². The second-order valence-electron chi connectivity index (χ2n) is 19.1. The number of nitrogens with zero attached hydrogens (tertiary/aromatic N) is 8. The van der Waals surface area contributed by atoms with Crippen LogP contribution in [0, 0.1) is 6.92 Å². The molecule has 11 nitrogen and oxygen atoms in total. The van der Waals surface area contributed by atoms with E-state index >= 15 is 0 Å². The van der Waals surface area contributed by atoms with Crippen LogP contribution < -0.4 is 9.80 Å². The van der Waals surface area contributed by atoms with Gasteiger partial charge in [0.2, 0.25) is 11.9 Å². The van der Waals surface area contributed by atoms with Gasteiger partial charge in [-0.3, -0.25) is 14.6 Å². The summed E-state index contributed by atoms with van der Waals surface area (Å²) in [6, 6.07) is 0.597. The van der Waals surface area contributed by atoms with E-state index in [0.717, 1.165) is 76.0 Å². The third-order valence-corrected chi connectivity index (χ3v) is 12.5. The highest BCUT2D eigenvalue weighted by Gasteiger charge is 2.51. The molecule has 0 N–H and O–H groups in total. The number of anilines is 2. The molecule has 0 bridgehead atoms. The molecule has 11 heteroatoms. The molecule has 6 rings (SSSR count). The molecule has 0 atom stereocenters. The molecule has 0 amide bonds. The van der Waals surface area contributed by atoms with Crippen LogP contribution in [0.2, 0.25) is 0 Å². The Morgan fingerprint density at radius 2 is 1.10 bits per heavy atom. The number of hydrogen-bond donors (Lipinski definition) is 0. The lowest BCUT2D eigenvalue weighted by Crippen LogP contribution is -2.67. The van der Waals surface area contributed by atoms with E-state index < -0.39 is 0 Å². The summed E-state index contributed by atoms with van der Waals surface area (Å²) in [6.07, 6.45) is 17.1. The van der Waals surface area contributed by atoms with E-state index in [1.54, 1.807) is 0 Å². The van der Waals surface area contributed by atoms with Crippen LogP contribution in [0.3, 0.4) is 0 Å². The maximum atomic E-state index is 6.93. The Labute approximate surface area is 310 Å². The van der Waals surface area contributed by atoms with Crippen molar-refractivity contribution < 1.29 is 14.4 Å². The van der Waals surface area contributed by atoms with Crippen molar-refractivity contribution in [3.63, 3.8) is 0 Å². The normalized spacial score (nSPS) is 27.2. The van der Waals surface area contributed by atoms with Gasteiger partial charge in [0.15, 0.2) is 0 Å². The molecule has 0 unspecified atom stereocenters. The quantitative estimate of drug-likeness (QED) is 0.230. The Kier molecular flexibility index (Phi) is 12.0. The van der Waals surface area contributed by atoms with Crippen LogP contribution in [-0.2, 0) is 14.4 Å². The smallest absolute Gasteiger partial charge is 0.231 e. The lowest BCUT2D eigenvalue weighted by Gasteiger charge is -2.58. The maximum absolute atomic E-state index is 6.93. The second-order valence-corrected chi connectivity index (χ2v) is 19.1. The fraction of sp³-hybridized carbons (Fsp3) is 0.925. The molecule has 4 heterocycles. The van der Waals surface area contributed by atoms with Gasteiger partial charge in [-0.25, -0.2) is 0 Å². The number of morpholine rings is 1. The highest BCUT2D eigenvalue weighted by molar-refractivity contribution is 5.41. The predicted molar refractivity (Wildman–Crippen MR) is 205 cm³/mol. The number of aromatic nitrogens is 3. The molecular weight excluding hydrogens is 640 g/mol. The lowest BCUT2D eigenvalue weighted by molar-refractivity contribution is -0.314. The molecule has 1 aromatic heterocycles. The summed E-state index contributed by atoms with van der Waals surface area (Å²) < 4.78 is 5.68. The standard InChI is InChI=1S/C40H72N8O3/c1-30-41-35(45-21-23-49-24-22-45)43-36(42-30)46(32-27-39(6,7)48(40(8,9)28-32)51-34-19-15-12-16-20-34)29-44(10)31-25-37(2,3)47(38(4,5)26-31)50-33-17-13-11-14-18-33/h31-34H,11-29H2,1-10H3. The van der Waals surface area contributed by atoms with Gasteiger partial charge in [-0.15, -0.1) is 0 Å². The zero-order valence-corrected chi connectivity index (χ0v) is 34.0. The van der Waals surface area contributed by atoms with Crippen LogP contribution in [0.25, 0.3) is 0 Å². The van der Waals surface area contributed by atoms with Gasteiger partial charge < -0.3 is 14.5 Å². The Hall–Kier alpha value is -1.63. The van der Waals surface area contributed by atoms with Gasteiger partial charge in [0, 0.05) is 47.3 Å². The van der Waals surface area contributed by atoms with Crippen molar-refractivity contribution in [2.45, 2.75) is 199 Å². The zero-order valence-electron chi connectivity index (χ0n) is 34.0. The summed E-state index contributed by atoms with van der Waals surface area (Å²) in [5.41, 5.74) is -0.521. The summed E-state index contributed by atoms with van der Waals surface area (Å²) in [6.45, 7) is 24.8. The van der Waals surface area contributed by atoms with Crippen molar-refractivity contribution in [2.75, 3.05) is 49.8 Å². The van der Waals surface area contributed by atoms with Gasteiger partial charge in [-0.05, 0) is 121 Å². The molecule has 3 aliphatic heterocycles. The van der Waals surface area contributed by atoms with Crippen LogP contribution >= 0.6 is 0 Å². The van der Waals surface area contributed by atoms with Crippen molar-refractivity contribution in [1.82, 2.24) is 30.0 Å². The maximum Gasteiger partial charge on any atom is 0.231 e. The minimum absolute atomic E-state index is 0.0952. The summed E-state index contributed by atoms with van der Waals surface area (Å²) in [7, 11) is 2.32. The molecule has 5 fully saturated rings. The zero-order chi connectivity index (χ0) is 36.6. The van der Waals surface area contributed by atoms with Crippen molar-refractivity contribution in [3.05, 3.63) is 5.82 Å². The SMILES string of the molecule is Cc1nc(N2CCOCC2)nc(N(CN(C)C2CC(C)(C)N(OC3CCCCC3)C(C)(C)C2)C2CC(C)(C)N(OC3CCCCC3)C(C)(C)C2)n1. The van der Waals surface area contributed by atoms with Crippen LogP contribution in [0.1, 0.15) is 151 Å². The summed E-state index contributed by atoms with van der Waals surface area (Å²) in [5, 5.41) is 4.76. The van der Waals surface area contributed by atoms with Gasteiger partial charge in [0.05, 0.1) is 32.1 Å². The van der Waals surface area contributed by atoms with Crippen LogP contribution in [0.5, 0.6) is 0 Å². The van der Waals surface area contributed by atoms with Crippen LogP contribution in [0.4, 0.5) is 11.9 Å². The fourth-order valence-corrected chi connectivity index (χ4v) is 10.3. The third-order valence-electron chi connectivity index (χ3n) is 12.5. The molecule has 2 aliphatic carbocycles. The molecule has 1 aromatic rings. The molecule has 0 aromatic carbocycles. The third kappa shape index (κ3) is 9.19. The molecule has 3 saturated heterocycles. The van der Waals surface area contributed by atoms with Crippen molar-refractivity contribution >= 4 is 11.9 Å². The van der Waals surface area contributed by atoms with Gasteiger partial charge in [-0.1, -0.05) is 38.5 Å². The second kappa shape index (κ2) is 15.6. The monoisotopic (exact) mass is 713 g/mol. The van der Waals surface area contributed by atoms with E-state index in [-0.39, 0.29) is 28.2 Å². The van der Waals surface area contributed by atoms with Gasteiger partial charge in [0.1, 0.15) is 5.82 Å². The summed E-state index contributed by atoms with van der Waals surface area (Å²) in [5.74, 6) is 2.31. The first-order valence-electron chi connectivity index (χ1n) is 20.5. The Morgan fingerprint density at radius 1 is 0.647 bits per heavy atom. The average Bonchev–Trinajstić information content (AvgIpc) is 3.07. The topological polar surface area (TPSA) is 82.6 Å². The lowest BCUT2D eigenvalue weighted by atomic mass is 9.77. The highest BCUT2D eigenvalue weighted by Crippen LogP contribution is 2.45. The molecule has 0 radical (unpaired) electrons. The molecule has 5 aliphatic rings. The first-order chi connectivity index (χ1) is 24.0. The van der Waals surface area contributed by atoms with Crippen molar-refractivity contribution in [2.24, 2.45) is 0 Å². The number of ether oxygens (including phenoxy) is 1. The van der Waals surface area contributed by atoms with E-state index in [1.165, 1.54) is 51.4 Å². The number of rotatable bonds is 10. The molecule has 0 spiro atoms. The van der Waals surface area contributed by atoms with Gasteiger partial charge >= 0.3 is 0 Å². The minimum Gasteiger partial charge on any atom is -0.378 e. The van der Waals surface area contributed by atoms with Gasteiger partial charge in [0.25, 0.3) is 0 Å². The predicted octanol–water partition coefficient (Wildman–Crippen LogP) is 7.28. The molecule has 51 heavy (non-hydrogen) atoms. The molecular formula is C40H72N8O3. The minimum atomic E-state index is -0.165. The highest BCUT2D eigenvalue weighted by atomic mass is 16.7. The number of hydroxylamine groups is 4. The molecule has 2 saturated carbocycles. The number of aryl methyl sites for hydroxylation is 1. The summed E-state index contributed by atoms with van der Waals surface area (Å²) in [4.78, 5) is 36.3. The number of piperidine rings is 2. The van der Waals surface area contributed by atoms with Crippen LogP contribution in [0.15, 0.2) is 0 Å². The van der Waals surface area contributed by atoms with E-state index in [1.807, 2.05) is 6.92 Å². The van der Waals surface area contributed by atoms with Crippen molar-refractivity contribution in [1.29, 1.82) is 0 Å². The first-order valence-corrected chi connectivity index (χ1v) is 20.5. The summed E-state index contributed by atoms with van der Waals surface area (Å²) >= 11 is 0.